The van der Waals surface area contributed by atoms with E-state index in [2.05, 4.69) is 15.5 Å². The molecule has 1 amide bonds. The maximum Gasteiger partial charge on any atom is 0.230 e. The van der Waals surface area contributed by atoms with Crippen LogP contribution in [-0.4, -0.2) is 53.8 Å². The molecule has 0 saturated carbocycles. The number of para-hydroxylation sites is 1. The number of hydrogen-bond acceptors (Lipinski definition) is 6. The van der Waals surface area contributed by atoms with Crippen LogP contribution in [-0.2, 0) is 9.53 Å². The summed E-state index contributed by atoms with van der Waals surface area (Å²) in [7, 11) is 3.23. The van der Waals surface area contributed by atoms with Gasteiger partial charge in [0.05, 0.1) is 19.5 Å². The fourth-order valence-corrected chi connectivity index (χ4v) is 3.38. The Hall–Kier alpha value is -2.84. The van der Waals surface area contributed by atoms with Gasteiger partial charge in [-0.15, -0.1) is 10.2 Å². The molecule has 0 fully saturated rings. The highest BCUT2D eigenvalue weighted by molar-refractivity contribution is 7.99. The fourth-order valence-electron chi connectivity index (χ4n) is 2.60. The van der Waals surface area contributed by atoms with E-state index in [-0.39, 0.29) is 11.7 Å². The summed E-state index contributed by atoms with van der Waals surface area (Å²) in [5, 5.41) is 12.2. The summed E-state index contributed by atoms with van der Waals surface area (Å²) in [5.74, 6) is 1.60. The number of carbonyl (C=O) groups is 1. The average molecular weight is 398 g/mol. The number of methoxy groups -OCH3 is 2. The Morgan fingerprint density at radius 2 is 1.93 bits per heavy atom. The van der Waals surface area contributed by atoms with Crippen molar-refractivity contribution in [1.29, 1.82) is 0 Å². The first-order valence-corrected chi connectivity index (χ1v) is 9.75. The summed E-state index contributed by atoms with van der Waals surface area (Å²) in [4.78, 5) is 12.0. The molecule has 0 aliphatic carbocycles. The molecular formula is C20H22N4O3S. The average Bonchev–Trinajstić information content (AvgIpc) is 3.17. The molecule has 0 aliphatic heterocycles. The van der Waals surface area contributed by atoms with Gasteiger partial charge in [0.2, 0.25) is 5.91 Å². The van der Waals surface area contributed by atoms with Crippen molar-refractivity contribution in [2.24, 2.45) is 0 Å². The molecule has 8 heteroatoms. The first kappa shape index (κ1) is 19.9. The Morgan fingerprint density at radius 1 is 1.11 bits per heavy atom. The Bertz CT molecular complexity index is 915. The number of carbonyl (C=O) groups excluding carboxylic acids is 1. The van der Waals surface area contributed by atoms with Crippen molar-refractivity contribution in [1.82, 2.24) is 20.1 Å². The lowest BCUT2D eigenvalue weighted by atomic mass is 10.2. The molecule has 28 heavy (non-hydrogen) atoms. The molecule has 0 aliphatic rings. The highest BCUT2D eigenvalue weighted by Crippen LogP contribution is 2.29. The largest absolute Gasteiger partial charge is 0.497 e. The lowest BCUT2D eigenvalue weighted by Gasteiger charge is -2.11. The van der Waals surface area contributed by atoms with Crippen LogP contribution in [0.1, 0.15) is 0 Å². The van der Waals surface area contributed by atoms with E-state index in [1.807, 2.05) is 59.2 Å². The number of thioether (sulfide) groups is 1. The van der Waals surface area contributed by atoms with Gasteiger partial charge >= 0.3 is 0 Å². The molecule has 0 radical (unpaired) electrons. The lowest BCUT2D eigenvalue weighted by Crippen LogP contribution is -2.28. The van der Waals surface area contributed by atoms with Gasteiger partial charge in [-0.25, -0.2) is 0 Å². The second-order valence-electron chi connectivity index (χ2n) is 5.84. The van der Waals surface area contributed by atoms with Crippen molar-refractivity contribution in [3.8, 4) is 22.8 Å². The monoisotopic (exact) mass is 398 g/mol. The number of benzene rings is 2. The first-order valence-electron chi connectivity index (χ1n) is 8.76. The SMILES string of the molecule is COCCNC(=O)CSc1nnc(-c2cccc(OC)c2)n1-c1ccccc1. The third-order valence-corrected chi connectivity index (χ3v) is 4.87. The van der Waals surface area contributed by atoms with E-state index < -0.39 is 0 Å². The minimum absolute atomic E-state index is 0.0763. The summed E-state index contributed by atoms with van der Waals surface area (Å²) in [5.41, 5.74) is 1.81. The van der Waals surface area contributed by atoms with Gasteiger partial charge in [-0.3, -0.25) is 9.36 Å². The van der Waals surface area contributed by atoms with E-state index >= 15 is 0 Å². The summed E-state index contributed by atoms with van der Waals surface area (Å²) >= 11 is 1.34. The minimum atomic E-state index is -0.0763. The second-order valence-corrected chi connectivity index (χ2v) is 6.78. The topological polar surface area (TPSA) is 78.3 Å². The van der Waals surface area contributed by atoms with Gasteiger partial charge in [0.25, 0.3) is 0 Å². The van der Waals surface area contributed by atoms with E-state index in [1.54, 1.807) is 14.2 Å². The molecule has 7 nitrogen and oxygen atoms in total. The molecule has 3 rings (SSSR count). The molecule has 0 saturated heterocycles. The minimum Gasteiger partial charge on any atom is -0.497 e. The number of hydrogen-bond donors (Lipinski definition) is 1. The second kappa shape index (κ2) is 9.91. The Balaban J connectivity index is 1.88. The van der Waals surface area contributed by atoms with Crippen molar-refractivity contribution in [3.05, 3.63) is 54.6 Å². The summed E-state index contributed by atoms with van der Waals surface area (Å²) < 4.78 is 12.2. The highest BCUT2D eigenvalue weighted by Gasteiger charge is 2.17. The van der Waals surface area contributed by atoms with Crippen LogP contribution < -0.4 is 10.1 Å². The van der Waals surface area contributed by atoms with Gasteiger partial charge < -0.3 is 14.8 Å². The highest BCUT2D eigenvalue weighted by atomic mass is 32.2. The zero-order chi connectivity index (χ0) is 19.8. The molecule has 0 atom stereocenters. The van der Waals surface area contributed by atoms with Gasteiger partial charge in [0.1, 0.15) is 5.75 Å². The van der Waals surface area contributed by atoms with Gasteiger partial charge in [0, 0.05) is 24.9 Å². The van der Waals surface area contributed by atoms with E-state index in [0.29, 0.717) is 24.1 Å². The molecule has 0 unspecified atom stereocenters. The third-order valence-electron chi connectivity index (χ3n) is 3.94. The maximum atomic E-state index is 12.0. The molecule has 2 aromatic carbocycles. The van der Waals surface area contributed by atoms with Crippen molar-refractivity contribution >= 4 is 17.7 Å². The summed E-state index contributed by atoms with van der Waals surface area (Å²) in [6.07, 6.45) is 0. The van der Waals surface area contributed by atoms with Crippen LogP contribution in [0.25, 0.3) is 17.1 Å². The number of amides is 1. The van der Waals surface area contributed by atoms with Gasteiger partial charge in [-0.05, 0) is 24.3 Å². The van der Waals surface area contributed by atoms with Crippen LogP contribution in [0.4, 0.5) is 0 Å². The molecule has 146 valence electrons. The fraction of sp³-hybridized carbons (Fsp3) is 0.250. The number of aromatic nitrogens is 3. The van der Waals surface area contributed by atoms with Crippen molar-refractivity contribution in [3.63, 3.8) is 0 Å². The van der Waals surface area contributed by atoms with Gasteiger partial charge in [-0.2, -0.15) is 0 Å². The number of ether oxygens (including phenoxy) is 2. The third kappa shape index (κ3) is 4.90. The summed E-state index contributed by atoms with van der Waals surface area (Å²) in [6.45, 7) is 0.965. The van der Waals surface area contributed by atoms with E-state index in [9.17, 15) is 4.79 Å². The van der Waals surface area contributed by atoms with Crippen molar-refractivity contribution < 1.29 is 14.3 Å². The number of nitrogens with one attached hydrogen (secondary N) is 1. The summed E-state index contributed by atoms with van der Waals surface area (Å²) in [6, 6.07) is 17.5. The lowest BCUT2D eigenvalue weighted by molar-refractivity contribution is -0.118. The number of rotatable bonds is 9. The molecule has 0 bridgehead atoms. The predicted molar refractivity (Wildman–Crippen MR) is 109 cm³/mol. The van der Waals surface area contributed by atoms with Gasteiger partial charge in [-0.1, -0.05) is 42.1 Å². The molecule has 1 N–H and O–H groups in total. The molecule has 1 aromatic heterocycles. The molecular weight excluding hydrogens is 376 g/mol. The van der Waals surface area contributed by atoms with Crippen molar-refractivity contribution in [2.75, 3.05) is 33.1 Å². The normalized spacial score (nSPS) is 10.6. The zero-order valence-corrected chi connectivity index (χ0v) is 16.6. The van der Waals surface area contributed by atoms with E-state index in [1.165, 1.54) is 11.8 Å². The quantitative estimate of drug-likeness (QED) is 0.441. The van der Waals surface area contributed by atoms with Crippen LogP contribution in [0.15, 0.2) is 59.8 Å². The number of nitrogens with zero attached hydrogens (tertiary/aromatic N) is 3. The Morgan fingerprint density at radius 3 is 2.68 bits per heavy atom. The van der Waals surface area contributed by atoms with Crippen LogP contribution in [0.5, 0.6) is 5.75 Å². The smallest absolute Gasteiger partial charge is 0.230 e. The Labute approximate surface area is 168 Å². The molecule has 3 aromatic rings. The van der Waals surface area contributed by atoms with E-state index in [4.69, 9.17) is 9.47 Å². The maximum absolute atomic E-state index is 12.0. The van der Waals surface area contributed by atoms with Crippen molar-refractivity contribution in [2.45, 2.75) is 5.16 Å². The van der Waals surface area contributed by atoms with Crippen LogP contribution in [0.2, 0.25) is 0 Å². The van der Waals surface area contributed by atoms with Crippen LogP contribution >= 0.6 is 11.8 Å². The predicted octanol–water partition coefficient (Wildman–Crippen LogP) is 2.80. The first-order chi connectivity index (χ1) is 13.7. The standard InChI is InChI=1S/C20H22N4O3S/c1-26-12-11-21-18(25)14-28-20-23-22-19(15-7-6-10-17(13-15)27-2)24(20)16-8-4-3-5-9-16/h3-10,13H,11-12,14H2,1-2H3,(H,21,25). The molecule has 1 heterocycles. The molecule has 0 spiro atoms. The zero-order valence-electron chi connectivity index (χ0n) is 15.8. The van der Waals surface area contributed by atoms with Crippen LogP contribution in [0.3, 0.4) is 0 Å². The van der Waals surface area contributed by atoms with E-state index in [0.717, 1.165) is 17.0 Å². The van der Waals surface area contributed by atoms with Gasteiger partial charge in [0.15, 0.2) is 11.0 Å². The Kier molecular flexibility index (Phi) is 7.05. The van der Waals surface area contributed by atoms with Crippen LogP contribution in [0, 0.1) is 0 Å².